The maximum Gasteiger partial charge on any atom is 0.264 e. The molecule has 2 aromatic rings. The lowest BCUT2D eigenvalue weighted by molar-refractivity contribution is -0.131. The Hall–Kier alpha value is -3.36. The second-order valence-corrected chi connectivity index (χ2v) is 5.95. The van der Waals surface area contributed by atoms with Gasteiger partial charge in [-0.3, -0.25) is 4.79 Å². The maximum atomic E-state index is 12.4. The van der Waals surface area contributed by atoms with Gasteiger partial charge >= 0.3 is 0 Å². The van der Waals surface area contributed by atoms with Crippen molar-refractivity contribution in [1.29, 1.82) is 0 Å². The number of rotatable bonds is 6. The van der Waals surface area contributed by atoms with Gasteiger partial charge in [0, 0.05) is 30.3 Å². The van der Waals surface area contributed by atoms with E-state index in [0.29, 0.717) is 40.8 Å². The van der Waals surface area contributed by atoms with Gasteiger partial charge in [0.2, 0.25) is 6.10 Å². The molecule has 27 heavy (non-hydrogen) atoms. The summed E-state index contributed by atoms with van der Waals surface area (Å²) in [7, 11) is 3.15. The number of anilines is 1. The van der Waals surface area contributed by atoms with Crippen molar-refractivity contribution in [3.8, 4) is 11.5 Å². The van der Waals surface area contributed by atoms with Crippen LogP contribution in [0.4, 0.5) is 5.82 Å². The molecule has 1 aliphatic heterocycles. The number of oxime groups is 1. The number of nitrogens with two attached hydrogens (primary N) is 1. The summed E-state index contributed by atoms with van der Waals surface area (Å²) in [6, 6.07) is 5.37. The SMILES string of the molecule is COc1ccc(OC)c(C2=NOC(C(=O)NCc3cnc(C)nc3N)C2)c1. The molecule has 0 saturated heterocycles. The highest BCUT2D eigenvalue weighted by atomic mass is 16.6. The zero-order valence-corrected chi connectivity index (χ0v) is 15.4. The number of nitrogen functional groups attached to an aromatic ring is 1. The van der Waals surface area contributed by atoms with Crippen LogP contribution < -0.4 is 20.5 Å². The molecule has 1 atom stereocenters. The van der Waals surface area contributed by atoms with Crippen molar-refractivity contribution < 1.29 is 19.1 Å². The van der Waals surface area contributed by atoms with Gasteiger partial charge in [-0.1, -0.05) is 5.16 Å². The fraction of sp³-hybridized carbons (Fsp3) is 0.333. The third kappa shape index (κ3) is 4.08. The van der Waals surface area contributed by atoms with Gasteiger partial charge in [0.15, 0.2) is 0 Å². The summed E-state index contributed by atoms with van der Waals surface area (Å²) in [5.74, 6) is 1.91. The largest absolute Gasteiger partial charge is 0.497 e. The molecule has 2 heterocycles. The molecule has 0 fully saturated rings. The van der Waals surface area contributed by atoms with Crippen molar-refractivity contribution in [2.45, 2.75) is 26.0 Å². The predicted molar refractivity (Wildman–Crippen MR) is 98.6 cm³/mol. The Labute approximate surface area is 156 Å². The van der Waals surface area contributed by atoms with Crippen LogP contribution in [0.15, 0.2) is 29.6 Å². The van der Waals surface area contributed by atoms with E-state index in [1.807, 2.05) is 0 Å². The highest BCUT2D eigenvalue weighted by Crippen LogP contribution is 2.28. The Morgan fingerprint density at radius 3 is 2.89 bits per heavy atom. The number of methoxy groups -OCH3 is 2. The number of nitrogens with one attached hydrogen (secondary N) is 1. The lowest BCUT2D eigenvalue weighted by atomic mass is 10.0. The van der Waals surface area contributed by atoms with E-state index in [2.05, 4.69) is 20.4 Å². The van der Waals surface area contributed by atoms with E-state index in [1.54, 1.807) is 45.5 Å². The van der Waals surface area contributed by atoms with E-state index in [1.165, 1.54) is 0 Å². The fourth-order valence-electron chi connectivity index (χ4n) is 2.66. The van der Waals surface area contributed by atoms with Crippen molar-refractivity contribution in [2.24, 2.45) is 5.16 Å². The normalized spacial score (nSPS) is 15.7. The zero-order valence-electron chi connectivity index (χ0n) is 15.4. The first-order valence-corrected chi connectivity index (χ1v) is 8.32. The minimum absolute atomic E-state index is 0.211. The molecule has 0 aliphatic carbocycles. The Kier molecular flexibility index (Phi) is 5.39. The first-order chi connectivity index (χ1) is 13.0. The number of amides is 1. The summed E-state index contributed by atoms with van der Waals surface area (Å²) in [5.41, 5.74) is 7.82. The number of carbonyl (C=O) groups excluding carboxylic acids is 1. The number of hydrogen-bond donors (Lipinski definition) is 2. The summed E-state index contributed by atoms with van der Waals surface area (Å²) in [6.07, 6.45) is 1.18. The van der Waals surface area contributed by atoms with Gasteiger partial charge in [-0.15, -0.1) is 0 Å². The number of benzene rings is 1. The van der Waals surface area contributed by atoms with Gasteiger partial charge < -0.3 is 25.4 Å². The smallest absolute Gasteiger partial charge is 0.264 e. The minimum Gasteiger partial charge on any atom is -0.497 e. The van der Waals surface area contributed by atoms with Crippen molar-refractivity contribution in [1.82, 2.24) is 15.3 Å². The molecule has 1 unspecified atom stereocenters. The van der Waals surface area contributed by atoms with Crippen LogP contribution in [0.5, 0.6) is 11.5 Å². The Bertz CT molecular complexity index is 884. The van der Waals surface area contributed by atoms with Crippen LogP contribution in [-0.2, 0) is 16.2 Å². The van der Waals surface area contributed by atoms with Crippen LogP contribution in [0, 0.1) is 6.92 Å². The quantitative estimate of drug-likeness (QED) is 0.782. The Balaban J connectivity index is 1.64. The molecule has 3 rings (SSSR count). The van der Waals surface area contributed by atoms with E-state index in [-0.39, 0.29) is 12.5 Å². The third-order valence-electron chi connectivity index (χ3n) is 4.15. The molecule has 142 valence electrons. The minimum atomic E-state index is -0.733. The van der Waals surface area contributed by atoms with Crippen molar-refractivity contribution in [3.05, 3.63) is 41.3 Å². The van der Waals surface area contributed by atoms with E-state index in [4.69, 9.17) is 20.0 Å². The first kappa shape index (κ1) is 18.4. The highest BCUT2D eigenvalue weighted by molar-refractivity contribution is 6.06. The Morgan fingerprint density at radius 1 is 1.37 bits per heavy atom. The van der Waals surface area contributed by atoms with Crippen LogP contribution in [0.1, 0.15) is 23.4 Å². The third-order valence-corrected chi connectivity index (χ3v) is 4.15. The molecule has 0 spiro atoms. The van der Waals surface area contributed by atoms with Crippen LogP contribution in [0.25, 0.3) is 0 Å². The topological polar surface area (TPSA) is 121 Å². The van der Waals surface area contributed by atoms with Crippen LogP contribution in [0.2, 0.25) is 0 Å². The van der Waals surface area contributed by atoms with Crippen molar-refractivity contribution in [2.75, 3.05) is 20.0 Å². The predicted octanol–water partition coefficient (Wildman–Crippen LogP) is 1.19. The number of aromatic nitrogens is 2. The van der Waals surface area contributed by atoms with Gasteiger partial charge in [-0.05, 0) is 25.1 Å². The lowest BCUT2D eigenvalue weighted by Crippen LogP contribution is -2.34. The van der Waals surface area contributed by atoms with Crippen molar-refractivity contribution in [3.63, 3.8) is 0 Å². The van der Waals surface area contributed by atoms with Crippen LogP contribution >= 0.6 is 0 Å². The van der Waals surface area contributed by atoms with E-state index in [0.717, 1.165) is 5.56 Å². The number of ether oxygens (including phenoxy) is 2. The van der Waals surface area contributed by atoms with Gasteiger partial charge in [-0.2, -0.15) is 0 Å². The van der Waals surface area contributed by atoms with Gasteiger partial charge in [0.25, 0.3) is 5.91 Å². The second kappa shape index (κ2) is 7.90. The van der Waals surface area contributed by atoms with E-state index >= 15 is 0 Å². The number of aryl methyl sites for hydroxylation is 1. The lowest BCUT2D eigenvalue weighted by Gasteiger charge is -2.11. The number of carbonyl (C=O) groups is 1. The van der Waals surface area contributed by atoms with Gasteiger partial charge in [-0.25, -0.2) is 9.97 Å². The van der Waals surface area contributed by atoms with Crippen LogP contribution in [0.3, 0.4) is 0 Å². The average Bonchev–Trinajstić information content (AvgIpc) is 3.16. The second-order valence-electron chi connectivity index (χ2n) is 5.95. The summed E-state index contributed by atoms with van der Waals surface area (Å²) >= 11 is 0. The number of nitrogens with zero attached hydrogens (tertiary/aromatic N) is 3. The van der Waals surface area contributed by atoms with E-state index in [9.17, 15) is 4.79 Å². The molecule has 0 radical (unpaired) electrons. The summed E-state index contributed by atoms with van der Waals surface area (Å²) in [4.78, 5) is 25.9. The molecule has 1 aromatic carbocycles. The molecule has 1 amide bonds. The fourth-order valence-corrected chi connectivity index (χ4v) is 2.66. The number of hydrogen-bond acceptors (Lipinski definition) is 8. The summed E-state index contributed by atoms with van der Waals surface area (Å²) in [6.45, 7) is 1.96. The molecule has 1 aliphatic rings. The molecule has 0 bridgehead atoms. The molecule has 9 nitrogen and oxygen atoms in total. The van der Waals surface area contributed by atoms with Gasteiger partial charge in [0.05, 0.1) is 19.9 Å². The highest BCUT2D eigenvalue weighted by Gasteiger charge is 2.30. The molecule has 0 saturated carbocycles. The standard InChI is InChI=1S/C18H21N5O4/c1-10-20-8-11(17(19)22-10)9-21-18(24)16-7-14(23-27-16)13-6-12(25-2)4-5-15(13)26-3/h4-6,8,16H,7,9H2,1-3H3,(H,21,24)(H2,19,20,22). The van der Waals surface area contributed by atoms with Gasteiger partial charge in [0.1, 0.15) is 23.1 Å². The molecule has 1 aromatic heterocycles. The summed E-state index contributed by atoms with van der Waals surface area (Å²) < 4.78 is 10.6. The molecular formula is C18H21N5O4. The maximum absolute atomic E-state index is 12.4. The monoisotopic (exact) mass is 371 g/mol. The average molecular weight is 371 g/mol. The zero-order chi connectivity index (χ0) is 19.4. The van der Waals surface area contributed by atoms with Crippen molar-refractivity contribution >= 4 is 17.4 Å². The molecule has 9 heteroatoms. The molecule has 3 N–H and O–H groups in total. The first-order valence-electron chi connectivity index (χ1n) is 8.32. The molecular weight excluding hydrogens is 350 g/mol. The van der Waals surface area contributed by atoms with Crippen LogP contribution in [-0.4, -0.2) is 41.9 Å². The van der Waals surface area contributed by atoms with E-state index < -0.39 is 6.10 Å². The Morgan fingerprint density at radius 2 is 2.19 bits per heavy atom. The summed E-state index contributed by atoms with van der Waals surface area (Å²) in [5, 5.41) is 6.82.